The molecule has 0 bridgehead atoms. The van der Waals surface area contributed by atoms with Gasteiger partial charge in [0.05, 0.1) is 5.69 Å². The van der Waals surface area contributed by atoms with Crippen LogP contribution in [-0.4, -0.2) is 49.5 Å². The van der Waals surface area contributed by atoms with Crippen molar-refractivity contribution in [2.75, 3.05) is 38.1 Å². The van der Waals surface area contributed by atoms with Crippen molar-refractivity contribution in [3.8, 4) is 5.75 Å². The number of fused-ring (bicyclic) bond motifs is 1. The lowest BCUT2D eigenvalue weighted by Gasteiger charge is -2.26. The molecule has 0 saturated carbocycles. The van der Waals surface area contributed by atoms with Crippen molar-refractivity contribution >= 4 is 17.5 Å². The average Bonchev–Trinajstić information content (AvgIpc) is 2.59. The zero-order valence-electron chi connectivity index (χ0n) is 13.3. The molecule has 1 fully saturated rings. The largest absolute Gasteiger partial charge is 0.482 e. The van der Waals surface area contributed by atoms with Crippen LogP contribution in [0.25, 0.3) is 0 Å². The highest BCUT2D eigenvalue weighted by Gasteiger charge is 2.17. The summed E-state index contributed by atoms with van der Waals surface area (Å²) in [6.07, 6.45) is 4.88. The van der Waals surface area contributed by atoms with Gasteiger partial charge < -0.3 is 20.3 Å². The van der Waals surface area contributed by atoms with Crippen LogP contribution in [0.15, 0.2) is 18.2 Å². The highest BCUT2D eigenvalue weighted by atomic mass is 16.5. The van der Waals surface area contributed by atoms with E-state index in [1.807, 2.05) is 0 Å². The van der Waals surface area contributed by atoms with Crippen LogP contribution in [0.5, 0.6) is 5.75 Å². The van der Waals surface area contributed by atoms with Gasteiger partial charge in [0.25, 0.3) is 11.8 Å². The number of likely N-dealkylation sites (tertiary alicyclic amines) is 1. The smallest absolute Gasteiger partial charge is 0.262 e. The van der Waals surface area contributed by atoms with Crippen molar-refractivity contribution < 1.29 is 14.3 Å². The summed E-state index contributed by atoms with van der Waals surface area (Å²) in [6, 6.07) is 5.08. The van der Waals surface area contributed by atoms with Gasteiger partial charge in [-0.3, -0.25) is 9.59 Å². The van der Waals surface area contributed by atoms with Gasteiger partial charge >= 0.3 is 0 Å². The quantitative estimate of drug-likeness (QED) is 0.810. The van der Waals surface area contributed by atoms with Crippen LogP contribution in [-0.2, 0) is 4.79 Å². The number of carbonyl (C=O) groups is 2. The van der Waals surface area contributed by atoms with Gasteiger partial charge in [0, 0.05) is 12.1 Å². The Balaban J connectivity index is 1.45. The summed E-state index contributed by atoms with van der Waals surface area (Å²) in [5, 5.41) is 5.66. The summed E-state index contributed by atoms with van der Waals surface area (Å²) >= 11 is 0. The number of nitrogens with one attached hydrogen (secondary N) is 2. The molecule has 0 aromatic heterocycles. The normalized spacial score (nSPS) is 17.8. The van der Waals surface area contributed by atoms with Gasteiger partial charge in [-0.1, -0.05) is 6.42 Å². The van der Waals surface area contributed by atoms with E-state index in [4.69, 9.17) is 4.74 Å². The van der Waals surface area contributed by atoms with Crippen molar-refractivity contribution in [1.29, 1.82) is 0 Å². The van der Waals surface area contributed by atoms with Gasteiger partial charge in [-0.25, -0.2) is 0 Å². The predicted molar refractivity (Wildman–Crippen MR) is 87.8 cm³/mol. The number of benzene rings is 1. The van der Waals surface area contributed by atoms with E-state index in [-0.39, 0.29) is 18.4 Å². The SMILES string of the molecule is O=C1COc2cc(C(=O)NCCCN3CCCCC3)ccc2N1. The van der Waals surface area contributed by atoms with Crippen LogP contribution in [0.1, 0.15) is 36.0 Å². The van der Waals surface area contributed by atoms with Crippen molar-refractivity contribution in [1.82, 2.24) is 10.2 Å². The van der Waals surface area contributed by atoms with Crippen molar-refractivity contribution in [2.45, 2.75) is 25.7 Å². The number of amides is 2. The molecular weight excluding hydrogens is 294 g/mol. The van der Waals surface area contributed by atoms with Gasteiger partial charge in [-0.15, -0.1) is 0 Å². The molecule has 1 aromatic carbocycles. The van der Waals surface area contributed by atoms with E-state index in [0.717, 1.165) is 13.0 Å². The lowest BCUT2D eigenvalue weighted by molar-refractivity contribution is -0.118. The molecule has 124 valence electrons. The Labute approximate surface area is 136 Å². The number of hydrogen-bond donors (Lipinski definition) is 2. The molecule has 2 aliphatic heterocycles. The molecule has 2 amide bonds. The first-order valence-corrected chi connectivity index (χ1v) is 8.29. The Morgan fingerprint density at radius 3 is 2.91 bits per heavy atom. The Morgan fingerprint density at radius 2 is 2.09 bits per heavy atom. The van der Waals surface area contributed by atoms with Gasteiger partial charge in [0.2, 0.25) is 0 Å². The molecule has 23 heavy (non-hydrogen) atoms. The van der Waals surface area contributed by atoms with Crippen LogP contribution >= 0.6 is 0 Å². The minimum atomic E-state index is -0.174. The maximum Gasteiger partial charge on any atom is 0.262 e. The fourth-order valence-electron chi connectivity index (χ4n) is 3.01. The number of anilines is 1. The van der Waals surface area contributed by atoms with Crippen molar-refractivity contribution in [2.24, 2.45) is 0 Å². The van der Waals surface area contributed by atoms with E-state index < -0.39 is 0 Å². The molecule has 6 nitrogen and oxygen atoms in total. The monoisotopic (exact) mass is 317 g/mol. The van der Waals surface area contributed by atoms with Crippen LogP contribution < -0.4 is 15.4 Å². The maximum absolute atomic E-state index is 12.2. The first-order valence-electron chi connectivity index (χ1n) is 8.29. The molecule has 1 saturated heterocycles. The molecule has 0 radical (unpaired) electrons. The topological polar surface area (TPSA) is 70.7 Å². The van der Waals surface area contributed by atoms with E-state index in [1.165, 1.54) is 32.4 Å². The lowest BCUT2D eigenvalue weighted by atomic mass is 10.1. The molecule has 3 rings (SSSR count). The molecular formula is C17H23N3O3. The number of hydrogen-bond acceptors (Lipinski definition) is 4. The second kappa shape index (κ2) is 7.46. The van der Waals surface area contributed by atoms with E-state index in [0.29, 0.717) is 23.5 Å². The molecule has 1 aromatic rings. The average molecular weight is 317 g/mol. The second-order valence-electron chi connectivity index (χ2n) is 6.06. The Kier molecular flexibility index (Phi) is 5.12. The van der Waals surface area contributed by atoms with E-state index >= 15 is 0 Å². The summed E-state index contributed by atoms with van der Waals surface area (Å²) in [5.74, 6) is 0.268. The highest BCUT2D eigenvalue weighted by Crippen LogP contribution is 2.28. The molecule has 0 atom stereocenters. The highest BCUT2D eigenvalue weighted by molar-refractivity contribution is 5.98. The van der Waals surface area contributed by atoms with E-state index in [2.05, 4.69) is 15.5 Å². The number of rotatable bonds is 5. The third-order valence-corrected chi connectivity index (χ3v) is 4.26. The summed E-state index contributed by atoms with van der Waals surface area (Å²) in [7, 11) is 0. The van der Waals surface area contributed by atoms with E-state index in [9.17, 15) is 9.59 Å². The predicted octanol–water partition coefficient (Wildman–Crippen LogP) is 1.62. The molecule has 2 heterocycles. The van der Waals surface area contributed by atoms with Crippen LogP contribution in [0.2, 0.25) is 0 Å². The van der Waals surface area contributed by atoms with Gasteiger partial charge in [-0.2, -0.15) is 0 Å². The zero-order chi connectivity index (χ0) is 16.1. The maximum atomic E-state index is 12.2. The first-order chi connectivity index (χ1) is 11.2. The Hall–Kier alpha value is -2.08. The third-order valence-electron chi connectivity index (χ3n) is 4.26. The van der Waals surface area contributed by atoms with E-state index in [1.54, 1.807) is 18.2 Å². The van der Waals surface area contributed by atoms with Crippen molar-refractivity contribution in [3.05, 3.63) is 23.8 Å². The third kappa shape index (κ3) is 4.22. The van der Waals surface area contributed by atoms with Crippen LogP contribution in [0.3, 0.4) is 0 Å². The van der Waals surface area contributed by atoms with Gasteiger partial charge in [0.1, 0.15) is 5.75 Å². The Morgan fingerprint density at radius 1 is 1.26 bits per heavy atom. The second-order valence-corrected chi connectivity index (χ2v) is 6.06. The fraction of sp³-hybridized carbons (Fsp3) is 0.529. The summed E-state index contributed by atoms with van der Waals surface area (Å²) in [4.78, 5) is 25.9. The van der Waals surface area contributed by atoms with Gasteiger partial charge in [0.15, 0.2) is 6.61 Å². The van der Waals surface area contributed by atoms with Crippen LogP contribution in [0, 0.1) is 0 Å². The lowest BCUT2D eigenvalue weighted by Crippen LogP contribution is -2.33. The summed E-state index contributed by atoms with van der Waals surface area (Å²) in [5.41, 5.74) is 1.17. The first kappa shape index (κ1) is 15.8. The Bertz CT molecular complexity index is 582. The van der Waals surface area contributed by atoms with Crippen molar-refractivity contribution in [3.63, 3.8) is 0 Å². The molecule has 0 unspecified atom stereocenters. The standard InChI is InChI=1S/C17H23N3O3/c21-16-12-23-15-11-13(5-6-14(15)19-16)17(22)18-7-4-10-20-8-2-1-3-9-20/h5-6,11H,1-4,7-10,12H2,(H,18,22)(H,19,21). The number of carbonyl (C=O) groups excluding carboxylic acids is 2. The molecule has 0 aliphatic carbocycles. The number of ether oxygens (including phenoxy) is 1. The molecule has 2 N–H and O–H groups in total. The number of piperidine rings is 1. The van der Waals surface area contributed by atoms with Gasteiger partial charge in [-0.05, 0) is 57.1 Å². The molecule has 0 spiro atoms. The van der Waals surface area contributed by atoms with Crippen LogP contribution in [0.4, 0.5) is 5.69 Å². The summed E-state index contributed by atoms with van der Waals surface area (Å²) in [6.45, 7) is 4.07. The minimum Gasteiger partial charge on any atom is -0.482 e. The minimum absolute atomic E-state index is 0.00604. The number of nitrogens with zero attached hydrogens (tertiary/aromatic N) is 1. The molecule has 2 aliphatic rings. The molecule has 6 heteroatoms. The summed E-state index contributed by atoms with van der Waals surface area (Å²) < 4.78 is 5.33. The zero-order valence-corrected chi connectivity index (χ0v) is 13.3. The fourth-order valence-corrected chi connectivity index (χ4v) is 3.01.